The molecule has 0 aromatic heterocycles. The lowest BCUT2D eigenvalue weighted by molar-refractivity contribution is 0.0179. The summed E-state index contributed by atoms with van der Waals surface area (Å²) in [6.45, 7) is 11.8. The van der Waals surface area contributed by atoms with Crippen LogP contribution in [0.1, 0.15) is 38.3 Å². The highest BCUT2D eigenvalue weighted by Crippen LogP contribution is 2.25. The summed E-state index contributed by atoms with van der Waals surface area (Å²) in [5.41, 5.74) is 1.29. The van der Waals surface area contributed by atoms with Gasteiger partial charge in [0.25, 0.3) is 0 Å². The van der Waals surface area contributed by atoms with Gasteiger partial charge in [0.15, 0.2) is 5.96 Å². The molecule has 0 bridgehead atoms. The van der Waals surface area contributed by atoms with Crippen LogP contribution in [0.4, 0.5) is 0 Å². The Hall–Kier alpha value is -1.79. The first-order valence-corrected chi connectivity index (χ1v) is 10.7. The van der Waals surface area contributed by atoms with Gasteiger partial charge in [-0.3, -0.25) is 9.89 Å². The summed E-state index contributed by atoms with van der Waals surface area (Å²) in [6.07, 6.45) is 2.49. The van der Waals surface area contributed by atoms with Crippen molar-refractivity contribution in [2.24, 2.45) is 10.9 Å². The van der Waals surface area contributed by atoms with E-state index in [0.29, 0.717) is 0 Å². The molecule has 156 valence electrons. The first-order valence-electron chi connectivity index (χ1n) is 10.7. The maximum atomic E-state index is 5.57. The number of guanidine groups is 1. The first kappa shape index (κ1) is 20.9. The van der Waals surface area contributed by atoms with Crippen LogP contribution in [-0.2, 0) is 4.74 Å². The Morgan fingerprint density at radius 1 is 1.18 bits per heavy atom. The minimum absolute atomic E-state index is 0.257. The summed E-state index contributed by atoms with van der Waals surface area (Å²) >= 11 is 0. The predicted octanol–water partition coefficient (Wildman–Crippen LogP) is 2.77. The molecule has 2 aliphatic rings. The molecule has 0 radical (unpaired) electrons. The normalized spacial score (nSPS) is 20.8. The highest BCUT2D eigenvalue weighted by molar-refractivity contribution is 5.80. The maximum absolute atomic E-state index is 5.57. The van der Waals surface area contributed by atoms with Crippen molar-refractivity contribution >= 4 is 5.96 Å². The zero-order valence-electron chi connectivity index (χ0n) is 17.7. The quantitative estimate of drug-likeness (QED) is 0.600. The Balaban J connectivity index is 1.76. The van der Waals surface area contributed by atoms with E-state index in [4.69, 9.17) is 14.5 Å². The molecule has 2 saturated heterocycles. The summed E-state index contributed by atoms with van der Waals surface area (Å²) in [5, 5.41) is 3.51. The van der Waals surface area contributed by atoms with Gasteiger partial charge in [0.05, 0.1) is 32.9 Å². The standard InChI is InChI=1S/C22H36N4O2/c1-4-23-22(26-11-9-18(2)10-12-26)24-17-21(25-13-15-28-16-14-25)19-5-7-20(27-3)8-6-19/h5-8,18,21H,4,9-17H2,1-3H3,(H,23,24). The third kappa shape index (κ3) is 5.61. The van der Waals surface area contributed by atoms with E-state index in [2.05, 4.69) is 41.1 Å². The van der Waals surface area contributed by atoms with Gasteiger partial charge in [-0.2, -0.15) is 0 Å². The first-order chi connectivity index (χ1) is 13.7. The van der Waals surface area contributed by atoms with E-state index in [1.165, 1.54) is 18.4 Å². The number of piperidine rings is 1. The largest absolute Gasteiger partial charge is 0.497 e. The summed E-state index contributed by atoms with van der Waals surface area (Å²) in [7, 11) is 1.71. The molecular formula is C22H36N4O2. The highest BCUT2D eigenvalue weighted by Gasteiger charge is 2.24. The molecule has 28 heavy (non-hydrogen) atoms. The van der Waals surface area contributed by atoms with Crippen LogP contribution in [0.5, 0.6) is 5.75 Å². The van der Waals surface area contributed by atoms with Crippen LogP contribution in [0.2, 0.25) is 0 Å². The number of benzene rings is 1. The number of rotatable bonds is 6. The van der Waals surface area contributed by atoms with Gasteiger partial charge in [-0.05, 0) is 43.4 Å². The van der Waals surface area contributed by atoms with Crippen molar-refractivity contribution in [1.82, 2.24) is 15.1 Å². The summed E-state index contributed by atoms with van der Waals surface area (Å²) in [6, 6.07) is 8.69. The number of nitrogens with one attached hydrogen (secondary N) is 1. The monoisotopic (exact) mass is 388 g/mol. The van der Waals surface area contributed by atoms with Crippen molar-refractivity contribution in [2.75, 3.05) is 59.6 Å². The van der Waals surface area contributed by atoms with Crippen LogP contribution in [-0.4, -0.2) is 75.4 Å². The third-order valence-corrected chi connectivity index (χ3v) is 5.82. The zero-order chi connectivity index (χ0) is 19.8. The van der Waals surface area contributed by atoms with Crippen LogP contribution < -0.4 is 10.1 Å². The van der Waals surface area contributed by atoms with E-state index >= 15 is 0 Å². The van der Waals surface area contributed by atoms with Crippen molar-refractivity contribution in [3.8, 4) is 5.75 Å². The minimum atomic E-state index is 0.257. The molecule has 0 aliphatic carbocycles. The second-order valence-corrected chi connectivity index (χ2v) is 7.80. The Labute approximate surface area is 169 Å². The molecule has 2 heterocycles. The van der Waals surface area contributed by atoms with E-state index in [-0.39, 0.29) is 6.04 Å². The number of ether oxygens (including phenoxy) is 2. The van der Waals surface area contributed by atoms with Gasteiger partial charge in [0, 0.05) is 32.7 Å². The van der Waals surface area contributed by atoms with Crippen molar-refractivity contribution < 1.29 is 9.47 Å². The van der Waals surface area contributed by atoms with Gasteiger partial charge in [-0.25, -0.2) is 0 Å². The third-order valence-electron chi connectivity index (χ3n) is 5.82. The number of methoxy groups -OCH3 is 1. The van der Waals surface area contributed by atoms with Crippen LogP contribution in [0.15, 0.2) is 29.3 Å². The molecule has 0 amide bonds. The van der Waals surface area contributed by atoms with E-state index in [1.54, 1.807) is 7.11 Å². The van der Waals surface area contributed by atoms with E-state index < -0.39 is 0 Å². The van der Waals surface area contributed by atoms with Gasteiger partial charge in [-0.1, -0.05) is 19.1 Å². The van der Waals surface area contributed by atoms with Crippen LogP contribution in [0.3, 0.4) is 0 Å². The van der Waals surface area contributed by atoms with Crippen molar-refractivity contribution in [3.63, 3.8) is 0 Å². The van der Waals surface area contributed by atoms with E-state index in [1.807, 2.05) is 12.1 Å². The van der Waals surface area contributed by atoms with Crippen LogP contribution in [0, 0.1) is 5.92 Å². The lowest BCUT2D eigenvalue weighted by Crippen LogP contribution is -2.46. The molecule has 1 N–H and O–H groups in total. The summed E-state index contributed by atoms with van der Waals surface area (Å²) in [5.74, 6) is 2.77. The smallest absolute Gasteiger partial charge is 0.193 e. The fourth-order valence-corrected chi connectivity index (χ4v) is 3.97. The van der Waals surface area contributed by atoms with E-state index in [0.717, 1.165) is 70.1 Å². The Morgan fingerprint density at radius 2 is 1.86 bits per heavy atom. The second-order valence-electron chi connectivity index (χ2n) is 7.80. The number of hydrogen-bond acceptors (Lipinski definition) is 4. The molecule has 3 rings (SSSR count). The molecule has 1 aromatic rings. The molecule has 6 nitrogen and oxygen atoms in total. The van der Waals surface area contributed by atoms with Crippen molar-refractivity contribution in [1.29, 1.82) is 0 Å². The van der Waals surface area contributed by atoms with Crippen molar-refractivity contribution in [2.45, 2.75) is 32.7 Å². The van der Waals surface area contributed by atoms with Gasteiger partial charge < -0.3 is 19.7 Å². The highest BCUT2D eigenvalue weighted by atomic mass is 16.5. The lowest BCUT2D eigenvalue weighted by Gasteiger charge is -2.35. The van der Waals surface area contributed by atoms with Gasteiger partial charge in [-0.15, -0.1) is 0 Å². The fraction of sp³-hybridized carbons (Fsp3) is 0.682. The molecule has 2 fully saturated rings. The van der Waals surface area contributed by atoms with Gasteiger partial charge in [0.1, 0.15) is 5.75 Å². The number of nitrogens with zero attached hydrogens (tertiary/aromatic N) is 3. The molecular weight excluding hydrogens is 352 g/mol. The average Bonchev–Trinajstić information content (AvgIpc) is 2.75. The molecule has 0 spiro atoms. The summed E-state index contributed by atoms with van der Waals surface area (Å²) < 4.78 is 10.9. The Morgan fingerprint density at radius 3 is 2.46 bits per heavy atom. The maximum Gasteiger partial charge on any atom is 0.193 e. The predicted molar refractivity (Wildman–Crippen MR) is 114 cm³/mol. The number of hydrogen-bond donors (Lipinski definition) is 1. The number of morpholine rings is 1. The minimum Gasteiger partial charge on any atom is -0.497 e. The Bertz CT molecular complexity index is 605. The lowest BCUT2D eigenvalue weighted by atomic mass is 9.99. The zero-order valence-corrected chi connectivity index (χ0v) is 17.7. The topological polar surface area (TPSA) is 49.3 Å². The van der Waals surface area contributed by atoms with Crippen LogP contribution >= 0.6 is 0 Å². The van der Waals surface area contributed by atoms with Crippen molar-refractivity contribution in [3.05, 3.63) is 29.8 Å². The van der Waals surface area contributed by atoms with Gasteiger partial charge in [0.2, 0.25) is 0 Å². The second kappa shape index (κ2) is 10.7. The number of aliphatic imine (C=N–C) groups is 1. The average molecular weight is 389 g/mol. The number of likely N-dealkylation sites (tertiary alicyclic amines) is 1. The van der Waals surface area contributed by atoms with Crippen LogP contribution in [0.25, 0.3) is 0 Å². The summed E-state index contributed by atoms with van der Waals surface area (Å²) in [4.78, 5) is 10.00. The molecule has 6 heteroatoms. The molecule has 1 atom stereocenters. The van der Waals surface area contributed by atoms with Gasteiger partial charge >= 0.3 is 0 Å². The van der Waals surface area contributed by atoms with E-state index in [9.17, 15) is 0 Å². The Kier molecular flexibility index (Phi) is 7.98. The fourth-order valence-electron chi connectivity index (χ4n) is 3.97. The molecule has 1 aromatic carbocycles. The molecule has 2 aliphatic heterocycles. The SMILES string of the molecule is CCNC(=NCC(c1ccc(OC)cc1)N1CCOCC1)N1CCC(C)CC1. The molecule has 1 unspecified atom stereocenters. The molecule has 0 saturated carbocycles.